The lowest BCUT2D eigenvalue weighted by molar-refractivity contribution is 0.383. The van der Waals surface area contributed by atoms with E-state index in [0.29, 0.717) is 32.8 Å². The normalized spacial score (nSPS) is 13.7. The van der Waals surface area contributed by atoms with Crippen LogP contribution in [0, 0.1) is 11.8 Å². The maximum absolute atomic E-state index is 14.0. The molecule has 0 saturated carbocycles. The average molecular weight is 648 g/mol. The first-order valence-corrected chi connectivity index (χ1v) is 15.5. The van der Waals surface area contributed by atoms with Gasteiger partial charge in [-0.15, -0.1) is 0 Å². The number of hydrogen-bond acceptors (Lipinski definition) is 4. The zero-order valence-corrected chi connectivity index (χ0v) is 25.8. The fourth-order valence-corrected chi connectivity index (χ4v) is 6.95. The molecule has 0 spiro atoms. The summed E-state index contributed by atoms with van der Waals surface area (Å²) in [6, 6.07) is 3.29. The van der Waals surface area contributed by atoms with Crippen LogP contribution < -0.4 is 22.2 Å². The highest BCUT2D eigenvalue weighted by atomic mass is 79.9. The van der Waals surface area contributed by atoms with Gasteiger partial charge in [-0.05, 0) is 68.7 Å². The van der Waals surface area contributed by atoms with E-state index in [1.54, 1.807) is 12.1 Å². The lowest BCUT2D eigenvalue weighted by Crippen LogP contribution is -2.33. The number of nitrogens with zero attached hydrogens (tertiary/aromatic N) is 2. The van der Waals surface area contributed by atoms with Gasteiger partial charge in [0.2, 0.25) is 0 Å². The molecule has 0 aliphatic heterocycles. The Kier molecular flexibility index (Phi) is 9.13. The molecule has 6 aromatic rings. The van der Waals surface area contributed by atoms with E-state index < -0.39 is 22.2 Å². The van der Waals surface area contributed by atoms with Crippen molar-refractivity contribution in [3.05, 3.63) is 62.5 Å². The van der Waals surface area contributed by atoms with Crippen molar-refractivity contribution in [3.8, 4) is 0 Å². The third-order valence-electron chi connectivity index (χ3n) is 8.15. The van der Waals surface area contributed by atoms with Gasteiger partial charge < -0.3 is 0 Å². The predicted octanol–water partition coefficient (Wildman–Crippen LogP) is 7.02. The molecule has 4 bridgehead atoms. The Morgan fingerprint density at radius 2 is 0.974 bits per heavy atom. The first-order chi connectivity index (χ1) is 18.2. The zero-order chi connectivity index (χ0) is 27.7. The number of aromatic nitrogens is 2. The molecule has 6 rings (SSSR count). The quantitative estimate of drug-likeness (QED) is 0.166. The van der Waals surface area contributed by atoms with Crippen LogP contribution in [0.15, 0.2) is 40.3 Å². The molecule has 6 nitrogen and oxygen atoms in total. The molecule has 4 aromatic heterocycles. The first-order valence-electron chi connectivity index (χ1n) is 13.9. The van der Waals surface area contributed by atoms with Gasteiger partial charge in [0.1, 0.15) is 0 Å². The molecule has 0 aliphatic rings. The van der Waals surface area contributed by atoms with Gasteiger partial charge in [-0.3, -0.25) is 28.3 Å². The van der Waals surface area contributed by atoms with Crippen molar-refractivity contribution in [2.45, 2.75) is 92.2 Å². The summed E-state index contributed by atoms with van der Waals surface area (Å²) >= 11 is 7.05. The molecule has 0 aliphatic carbocycles. The van der Waals surface area contributed by atoms with E-state index in [9.17, 15) is 19.2 Å². The van der Waals surface area contributed by atoms with Crippen LogP contribution in [0.25, 0.3) is 32.3 Å². The minimum atomic E-state index is -0.417. The Labute approximate surface area is 239 Å². The van der Waals surface area contributed by atoms with Gasteiger partial charge >= 0.3 is 0 Å². The van der Waals surface area contributed by atoms with E-state index in [1.165, 1.54) is 9.13 Å². The number of halogens is 2. The molecule has 38 heavy (non-hydrogen) atoms. The fraction of sp³-hybridized carbons (Fsp3) is 0.533. The van der Waals surface area contributed by atoms with Gasteiger partial charge in [0.05, 0.1) is 10.8 Å². The molecule has 2 atom stereocenters. The molecule has 0 N–H and O–H groups in total. The molecule has 0 amide bonds. The van der Waals surface area contributed by atoms with Crippen molar-refractivity contribution in [2.75, 3.05) is 0 Å². The maximum Gasteiger partial charge on any atom is 0.262 e. The van der Waals surface area contributed by atoms with Crippen LogP contribution in [0.4, 0.5) is 0 Å². The molecular formula is C30H36Br2N2O4. The summed E-state index contributed by atoms with van der Waals surface area (Å²) in [6.45, 7) is 9.04. The van der Waals surface area contributed by atoms with Gasteiger partial charge in [0.15, 0.2) is 0 Å². The van der Waals surface area contributed by atoms with Crippen molar-refractivity contribution >= 4 is 64.2 Å². The van der Waals surface area contributed by atoms with Crippen LogP contribution in [-0.4, -0.2) is 9.13 Å². The Bertz CT molecular complexity index is 1570. The van der Waals surface area contributed by atoms with Crippen molar-refractivity contribution in [3.63, 3.8) is 0 Å². The SMILES string of the molecule is CCCCC(CC)Cn1c(=O)c2cc(Br)c(c1=O)c1c3cc(Br)c(c(=O)n(CC(CC)CCCC)c3=O)c21. The Morgan fingerprint density at radius 3 is 1.29 bits per heavy atom. The molecule has 8 heteroatoms. The van der Waals surface area contributed by atoms with E-state index in [1.807, 2.05) is 0 Å². The minimum Gasteiger partial charge on any atom is -0.274 e. The number of benzene rings is 2. The van der Waals surface area contributed by atoms with Crippen molar-refractivity contribution < 1.29 is 0 Å². The molecule has 2 aromatic carbocycles. The summed E-state index contributed by atoms with van der Waals surface area (Å²) in [5, 5.41) is 1.93. The van der Waals surface area contributed by atoms with Gasteiger partial charge in [0.25, 0.3) is 22.2 Å². The molecule has 0 radical (unpaired) electrons. The van der Waals surface area contributed by atoms with Crippen molar-refractivity contribution in [1.82, 2.24) is 9.13 Å². The Hall–Kier alpha value is -2.06. The Morgan fingerprint density at radius 1 is 0.605 bits per heavy atom. The largest absolute Gasteiger partial charge is 0.274 e. The number of hydrogen-bond donors (Lipinski definition) is 0. The van der Waals surface area contributed by atoms with E-state index in [4.69, 9.17) is 0 Å². The molecule has 204 valence electrons. The highest BCUT2D eigenvalue weighted by molar-refractivity contribution is 9.11. The summed E-state index contributed by atoms with van der Waals surface area (Å²) in [4.78, 5) is 55.8. The van der Waals surface area contributed by atoms with Crippen LogP contribution in [-0.2, 0) is 13.1 Å². The first kappa shape index (κ1) is 28.9. The van der Waals surface area contributed by atoms with Crippen LogP contribution >= 0.6 is 31.9 Å². The predicted molar refractivity (Wildman–Crippen MR) is 164 cm³/mol. The van der Waals surface area contributed by atoms with Gasteiger partial charge in [-0.2, -0.15) is 0 Å². The second kappa shape index (κ2) is 12.0. The maximum atomic E-state index is 14.0. The minimum absolute atomic E-state index is 0.190. The molecule has 4 heterocycles. The molecule has 0 saturated heterocycles. The van der Waals surface area contributed by atoms with E-state index >= 15 is 0 Å². The summed E-state index contributed by atoms with van der Waals surface area (Å²) in [5.74, 6) is 0.379. The topological polar surface area (TPSA) is 78.1 Å². The van der Waals surface area contributed by atoms with Gasteiger partial charge in [-0.1, -0.05) is 66.2 Å². The number of unbranched alkanes of at least 4 members (excludes halogenated alkanes) is 2. The summed E-state index contributed by atoms with van der Waals surface area (Å²) in [6.07, 6.45) is 7.72. The summed E-state index contributed by atoms with van der Waals surface area (Å²) in [7, 11) is 0. The summed E-state index contributed by atoms with van der Waals surface area (Å²) in [5.41, 5.74) is -1.66. The lowest BCUT2D eigenvalue weighted by Gasteiger charge is -2.14. The van der Waals surface area contributed by atoms with Gasteiger partial charge in [-0.25, -0.2) is 0 Å². The lowest BCUT2D eigenvalue weighted by atomic mass is 9.99. The van der Waals surface area contributed by atoms with Crippen molar-refractivity contribution in [1.29, 1.82) is 0 Å². The third-order valence-corrected chi connectivity index (χ3v) is 9.40. The van der Waals surface area contributed by atoms with Crippen LogP contribution in [0.5, 0.6) is 0 Å². The zero-order valence-electron chi connectivity index (χ0n) is 22.7. The average Bonchev–Trinajstić information content (AvgIpc) is 3.13. The molecule has 2 unspecified atom stereocenters. The number of fused-ring (bicyclic) bond motifs is 6. The van der Waals surface area contributed by atoms with E-state index in [0.717, 1.165) is 51.4 Å². The van der Waals surface area contributed by atoms with Crippen LogP contribution in [0.3, 0.4) is 0 Å². The summed E-state index contributed by atoms with van der Waals surface area (Å²) < 4.78 is 3.60. The van der Waals surface area contributed by atoms with E-state index in [2.05, 4.69) is 59.6 Å². The second-order valence-corrected chi connectivity index (χ2v) is 12.3. The number of rotatable bonds is 12. The fourth-order valence-electron chi connectivity index (χ4n) is 5.75. The van der Waals surface area contributed by atoms with Crippen LogP contribution in [0.1, 0.15) is 79.1 Å². The van der Waals surface area contributed by atoms with Crippen molar-refractivity contribution in [2.24, 2.45) is 11.8 Å². The molecular weight excluding hydrogens is 612 g/mol. The monoisotopic (exact) mass is 646 g/mol. The van der Waals surface area contributed by atoms with Gasteiger partial charge in [0, 0.05) is 43.6 Å². The third kappa shape index (κ3) is 4.99. The second-order valence-electron chi connectivity index (χ2n) is 10.6. The highest BCUT2D eigenvalue weighted by Crippen LogP contribution is 2.37. The highest BCUT2D eigenvalue weighted by Gasteiger charge is 2.26. The van der Waals surface area contributed by atoms with E-state index in [-0.39, 0.29) is 33.4 Å². The Balaban J connectivity index is 2.12. The smallest absolute Gasteiger partial charge is 0.262 e. The molecule has 0 fully saturated rings. The van der Waals surface area contributed by atoms with Crippen LogP contribution in [0.2, 0.25) is 0 Å². The standard InChI is InChI=1S/C30H36Br2N2O4/c1-5-9-11-17(7-3)15-33-27(35)19-13-21(31)25(29(33)37)24-20-14-22(32)26(23(19)24)30(38)34(28(20)36)16-18(8-4)12-10-6-2/h13-14,17-18H,5-12,15-16H2,1-4H3.